The summed E-state index contributed by atoms with van der Waals surface area (Å²) in [6.45, 7) is 0. The summed E-state index contributed by atoms with van der Waals surface area (Å²) in [6.07, 6.45) is 0. The van der Waals surface area contributed by atoms with Crippen molar-refractivity contribution < 1.29 is 0 Å². The Morgan fingerprint density at radius 2 is 0.900 bits per heavy atom. The Hall–Kier alpha value is -7.39. The van der Waals surface area contributed by atoms with Crippen molar-refractivity contribution in [2.24, 2.45) is 0 Å². The van der Waals surface area contributed by atoms with Crippen molar-refractivity contribution >= 4 is 43.6 Å². The third-order valence-electron chi connectivity index (χ3n) is 9.64. The minimum Gasteiger partial charge on any atom is -0.309 e. The molecule has 50 heavy (non-hydrogen) atoms. The highest BCUT2D eigenvalue weighted by Gasteiger charge is 2.18. The average Bonchev–Trinajstić information content (AvgIpc) is 3.70. The summed E-state index contributed by atoms with van der Waals surface area (Å²) in [7, 11) is 0. The quantitative estimate of drug-likeness (QED) is 0.193. The number of fused-ring (bicyclic) bond motifs is 6. The summed E-state index contributed by atoms with van der Waals surface area (Å²) >= 11 is 0. The number of rotatable bonds is 4. The van der Waals surface area contributed by atoms with Crippen molar-refractivity contribution in [3.8, 4) is 51.8 Å². The fourth-order valence-corrected chi connectivity index (χ4v) is 7.38. The smallest absolute Gasteiger partial charge is 0.0998 e. The van der Waals surface area contributed by atoms with E-state index in [0.717, 1.165) is 77.2 Å². The molecule has 9 aromatic rings. The van der Waals surface area contributed by atoms with Crippen LogP contribution in [0.5, 0.6) is 0 Å². The molecule has 5 nitrogen and oxygen atoms in total. The fraction of sp³-hybridized carbons (Fsp3) is 0. The van der Waals surface area contributed by atoms with Crippen LogP contribution in [0.1, 0.15) is 16.7 Å². The predicted octanol–water partition coefficient (Wildman–Crippen LogP) is 10.8. The number of aromatic nitrogens is 2. The van der Waals surface area contributed by atoms with Gasteiger partial charge in [-0.2, -0.15) is 15.8 Å². The molecule has 0 fully saturated rings. The lowest BCUT2D eigenvalue weighted by Gasteiger charge is -2.16. The van der Waals surface area contributed by atoms with Crippen LogP contribution in [0.4, 0.5) is 0 Å². The molecular weight excluding hydrogens is 611 g/mol. The Morgan fingerprint density at radius 1 is 0.380 bits per heavy atom. The maximum Gasteiger partial charge on any atom is 0.0998 e. The highest BCUT2D eigenvalue weighted by molar-refractivity contribution is 6.10. The van der Waals surface area contributed by atoms with Crippen LogP contribution in [0.2, 0.25) is 0 Å². The zero-order valence-electron chi connectivity index (χ0n) is 26.7. The molecule has 0 atom stereocenters. The number of nitrogens with zero attached hydrogens (tertiary/aromatic N) is 5. The van der Waals surface area contributed by atoms with Gasteiger partial charge in [0.15, 0.2) is 0 Å². The van der Waals surface area contributed by atoms with Gasteiger partial charge in [-0.05, 0) is 83.4 Å². The molecule has 0 N–H and O–H groups in total. The number of hydrogen-bond acceptors (Lipinski definition) is 3. The van der Waals surface area contributed by atoms with E-state index in [0.29, 0.717) is 16.7 Å². The van der Waals surface area contributed by atoms with Crippen molar-refractivity contribution in [1.82, 2.24) is 9.13 Å². The van der Waals surface area contributed by atoms with Gasteiger partial charge in [-0.25, -0.2) is 0 Å². The molecule has 2 heterocycles. The summed E-state index contributed by atoms with van der Waals surface area (Å²) in [6, 6.07) is 57.7. The monoisotopic (exact) mass is 635 g/mol. The lowest BCUT2D eigenvalue weighted by atomic mass is 9.94. The van der Waals surface area contributed by atoms with Gasteiger partial charge in [0.25, 0.3) is 0 Å². The van der Waals surface area contributed by atoms with E-state index in [1.165, 1.54) is 0 Å². The Morgan fingerprint density at radius 3 is 1.54 bits per heavy atom. The molecule has 0 bridgehead atoms. The van der Waals surface area contributed by atoms with Gasteiger partial charge in [0.2, 0.25) is 0 Å². The van der Waals surface area contributed by atoms with E-state index in [9.17, 15) is 15.8 Å². The molecule has 0 aliphatic heterocycles. The van der Waals surface area contributed by atoms with Gasteiger partial charge in [-0.15, -0.1) is 0 Å². The van der Waals surface area contributed by atoms with Crippen molar-refractivity contribution in [1.29, 1.82) is 15.8 Å². The Labute approximate surface area is 287 Å². The maximum absolute atomic E-state index is 10.4. The minimum absolute atomic E-state index is 0.564. The van der Waals surface area contributed by atoms with Gasteiger partial charge in [-0.1, -0.05) is 84.9 Å². The summed E-state index contributed by atoms with van der Waals surface area (Å²) in [5.74, 6) is 0. The van der Waals surface area contributed by atoms with Crippen LogP contribution >= 0.6 is 0 Å². The molecule has 0 aliphatic rings. The summed E-state index contributed by atoms with van der Waals surface area (Å²) in [5.41, 5.74) is 11.4. The van der Waals surface area contributed by atoms with Crippen LogP contribution in [0.25, 0.3) is 77.2 Å². The van der Waals surface area contributed by atoms with E-state index >= 15 is 0 Å². The van der Waals surface area contributed by atoms with Gasteiger partial charge in [0.1, 0.15) is 0 Å². The van der Waals surface area contributed by atoms with Crippen LogP contribution < -0.4 is 0 Å². The first kappa shape index (κ1) is 28.8. The first-order valence-corrected chi connectivity index (χ1v) is 16.3. The van der Waals surface area contributed by atoms with Crippen LogP contribution in [0.3, 0.4) is 0 Å². The zero-order chi connectivity index (χ0) is 33.8. The molecule has 5 heteroatoms. The second-order valence-electron chi connectivity index (χ2n) is 12.3. The number of benzene rings is 7. The fourth-order valence-electron chi connectivity index (χ4n) is 7.38. The summed E-state index contributed by atoms with van der Waals surface area (Å²) in [5, 5.41) is 34.2. The second-order valence-corrected chi connectivity index (χ2v) is 12.3. The van der Waals surface area contributed by atoms with Crippen molar-refractivity contribution in [2.45, 2.75) is 0 Å². The lowest BCUT2D eigenvalue weighted by Crippen LogP contribution is -1.99. The Balaban J connectivity index is 1.16. The van der Waals surface area contributed by atoms with Crippen LogP contribution in [-0.4, -0.2) is 9.13 Å². The third kappa shape index (κ3) is 4.38. The van der Waals surface area contributed by atoms with Gasteiger partial charge in [0, 0.05) is 32.8 Å². The van der Waals surface area contributed by atoms with E-state index in [2.05, 4.69) is 94.1 Å². The first-order chi connectivity index (χ1) is 24.7. The highest BCUT2D eigenvalue weighted by Crippen LogP contribution is 2.39. The van der Waals surface area contributed by atoms with Crippen LogP contribution in [0.15, 0.2) is 152 Å². The Kier molecular flexibility index (Phi) is 6.56. The SMILES string of the molecule is N#Cc1ccc(-c2ccc(-c3ccc(-n4c5ccccc5c5cc(C#N)ccc54)cc3)c(C#N)c2)c(-n2c3ccccc3c3ccccc32)c1. The van der Waals surface area contributed by atoms with Crippen molar-refractivity contribution in [2.75, 3.05) is 0 Å². The molecule has 2 aromatic heterocycles. The van der Waals surface area contributed by atoms with Gasteiger partial charge < -0.3 is 9.13 Å². The molecule has 0 amide bonds. The largest absolute Gasteiger partial charge is 0.309 e. The molecular formula is C45H25N5. The number of nitriles is 3. The number of hydrogen-bond donors (Lipinski definition) is 0. The molecule has 0 radical (unpaired) electrons. The van der Waals surface area contributed by atoms with E-state index in [1.54, 1.807) is 0 Å². The zero-order valence-corrected chi connectivity index (χ0v) is 26.7. The van der Waals surface area contributed by atoms with E-state index < -0.39 is 0 Å². The molecule has 0 saturated carbocycles. The van der Waals surface area contributed by atoms with Gasteiger partial charge in [-0.3, -0.25) is 0 Å². The maximum atomic E-state index is 10.4. The topological polar surface area (TPSA) is 81.2 Å². The predicted molar refractivity (Wildman–Crippen MR) is 200 cm³/mol. The number of para-hydroxylation sites is 3. The first-order valence-electron chi connectivity index (χ1n) is 16.3. The molecule has 0 spiro atoms. The average molecular weight is 636 g/mol. The van der Waals surface area contributed by atoms with Crippen LogP contribution in [-0.2, 0) is 0 Å². The van der Waals surface area contributed by atoms with Crippen molar-refractivity contribution in [3.05, 3.63) is 168 Å². The minimum atomic E-state index is 0.564. The van der Waals surface area contributed by atoms with Gasteiger partial charge in [0.05, 0.1) is 62.7 Å². The molecule has 7 aromatic carbocycles. The molecule has 230 valence electrons. The lowest BCUT2D eigenvalue weighted by molar-refractivity contribution is 1.18. The molecule has 0 saturated heterocycles. The van der Waals surface area contributed by atoms with E-state index in [1.807, 2.05) is 84.9 Å². The van der Waals surface area contributed by atoms with Crippen molar-refractivity contribution in [3.63, 3.8) is 0 Å². The second kappa shape index (κ2) is 11.4. The normalized spacial score (nSPS) is 11.1. The standard InChI is InChI=1S/C45H25N5/c46-26-29-14-22-44-40(23-29)39-9-3-4-10-41(39)49(44)34-18-15-31(16-19-34)35-21-17-32(25-33(35)28-48)36-20-13-30(27-47)24-45(36)50-42-11-5-1-7-37(42)38-8-2-6-12-43(38)50/h1-25H. The molecule has 0 unspecified atom stereocenters. The van der Waals surface area contributed by atoms with Gasteiger partial charge >= 0.3 is 0 Å². The molecule has 0 aliphatic carbocycles. The third-order valence-corrected chi connectivity index (χ3v) is 9.64. The molecule has 9 rings (SSSR count). The van der Waals surface area contributed by atoms with E-state index in [-0.39, 0.29) is 0 Å². The Bertz CT molecular complexity index is 2900. The summed E-state index contributed by atoms with van der Waals surface area (Å²) < 4.78 is 4.43. The van der Waals surface area contributed by atoms with Crippen LogP contribution in [0, 0.1) is 34.0 Å². The highest BCUT2D eigenvalue weighted by atomic mass is 15.0. The van der Waals surface area contributed by atoms with E-state index in [4.69, 9.17) is 0 Å². The summed E-state index contributed by atoms with van der Waals surface area (Å²) in [4.78, 5) is 0.